The average molecular weight is 279 g/mol. The molecule has 0 bridgehead atoms. The molecule has 0 spiro atoms. The lowest BCUT2D eigenvalue weighted by atomic mass is 10.2. The summed E-state index contributed by atoms with van der Waals surface area (Å²) in [7, 11) is 1.60. The van der Waals surface area contributed by atoms with Crippen LogP contribution in [0.4, 0.5) is 5.82 Å². The second-order valence-corrected chi connectivity index (χ2v) is 4.48. The Bertz CT molecular complexity index is 506. The van der Waals surface area contributed by atoms with Gasteiger partial charge in [0.25, 0.3) is 0 Å². The Morgan fingerprint density at radius 1 is 1.45 bits per heavy atom. The summed E-state index contributed by atoms with van der Waals surface area (Å²) in [5, 5.41) is 8.93. The van der Waals surface area contributed by atoms with Gasteiger partial charge in [-0.2, -0.15) is 0 Å². The number of rotatable bonds is 5. The van der Waals surface area contributed by atoms with Gasteiger partial charge >= 0.3 is 5.97 Å². The minimum atomic E-state index is -1.07. The number of hydrogen-bond donors (Lipinski definition) is 1. The predicted molar refractivity (Wildman–Crippen MR) is 71.9 cm³/mol. The number of aromatic carboxylic acids is 1. The second-order valence-electron chi connectivity index (χ2n) is 4.48. The lowest BCUT2D eigenvalue weighted by molar-refractivity contribution is -0.131. The molecule has 7 nitrogen and oxygen atoms in total. The van der Waals surface area contributed by atoms with Crippen molar-refractivity contribution in [3.63, 3.8) is 0 Å². The summed E-state index contributed by atoms with van der Waals surface area (Å²) in [6.07, 6.45) is 0. The Morgan fingerprint density at radius 3 is 2.90 bits per heavy atom. The van der Waals surface area contributed by atoms with E-state index in [-0.39, 0.29) is 18.1 Å². The van der Waals surface area contributed by atoms with Crippen molar-refractivity contribution in [3.05, 3.63) is 23.9 Å². The maximum Gasteiger partial charge on any atom is 0.354 e. The quantitative estimate of drug-likeness (QED) is 0.821. The van der Waals surface area contributed by atoms with Crippen LogP contribution in [0.1, 0.15) is 10.5 Å². The fraction of sp³-hybridized carbons (Fsp3) is 0.462. The number of carbonyl (C=O) groups excluding carboxylic acids is 1. The molecule has 0 radical (unpaired) electrons. The second kappa shape index (κ2) is 6.33. The van der Waals surface area contributed by atoms with Crippen LogP contribution in [0.15, 0.2) is 18.2 Å². The minimum absolute atomic E-state index is 0.00386. The third kappa shape index (κ3) is 3.24. The van der Waals surface area contributed by atoms with Gasteiger partial charge in [0.1, 0.15) is 5.82 Å². The standard InChI is InChI=1S/C13H17N3O4/c1-20-8-7-15-5-6-16(9-12(15)17)11-4-2-3-10(14-11)13(18)19/h2-4H,5-9H2,1H3,(H,18,19). The van der Waals surface area contributed by atoms with Gasteiger partial charge in [0.2, 0.25) is 5.91 Å². The highest BCUT2D eigenvalue weighted by Gasteiger charge is 2.24. The highest BCUT2D eigenvalue weighted by atomic mass is 16.5. The maximum absolute atomic E-state index is 12.0. The van der Waals surface area contributed by atoms with Crippen molar-refractivity contribution >= 4 is 17.7 Å². The van der Waals surface area contributed by atoms with Crippen molar-refractivity contribution in [1.82, 2.24) is 9.88 Å². The molecule has 20 heavy (non-hydrogen) atoms. The minimum Gasteiger partial charge on any atom is -0.477 e. The summed E-state index contributed by atoms with van der Waals surface area (Å²) in [4.78, 5) is 30.5. The van der Waals surface area contributed by atoms with Gasteiger partial charge in [0, 0.05) is 26.7 Å². The van der Waals surface area contributed by atoms with Gasteiger partial charge in [0.15, 0.2) is 5.69 Å². The SMILES string of the molecule is COCCN1CCN(c2cccc(C(=O)O)n2)CC1=O. The molecule has 0 aromatic carbocycles. The number of aromatic nitrogens is 1. The van der Waals surface area contributed by atoms with Crippen LogP contribution in [0.25, 0.3) is 0 Å². The number of carbonyl (C=O) groups is 2. The molecular weight excluding hydrogens is 262 g/mol. The maximum atomic E-state index is 12.0. The zero-order valence-corrected chi connectivity index (χ0v) is 11.3. The summed E-state index contributed by atoms with van der Waals surface area (Å²) in [5.41, 5.74) is -0.0169. The first kappa shape index (κ1) is 14.3. The van der Waals surface area contributed by atoms with E-state index in [0.29, 0.717) is 32.1 Å². The lowest BCUT2D eigenvalue weighted by Crippen LogP contribution is -2.51. The first-order valence-electron chi connectivity index (χ1n) is 6.34. The Hall–Kier alpha value is -2.15. The first-order chi connectivity index (χ1) is 9.61. The van der Waals surface area contributed by atoms with E-state index in [9.17, 15) is 9.59 Å². The topological polar surface area (TPSA) is 83.0 Å². The normalized spacial score (nSPS) is 15.6. The molecule has 1 amide bonds. The van der Waals surface area contributed by atoms with Crippen LogP contribution in [0, 0.1) is 0 Å². The molecule has 1 fully saturated rings. The van der Waals surface area contributed by atoms with E-state index in [0.717, 1.165) is 0 Å². The fourth-order valence-corrected chi connectivity index (χ4v) is 2.06. The molecule has 1 aliphatic rings. The summed E-state index contributed by atoms with van der Waals surface area (Å²) in [6, 6.07) is 4.78. The van der Waals surface area contributed by atoms with Crippen molar-refractivity contribution < 1.29 is 19.4 Å². The number of ether oxygens (including phenoxy) is 1. The monoisotopic (exact) mass is 279 g/mol. The highest BCUT2D eigenvalue weighted by molar-refractivity contribution is 5.86. The number of piperazine rings is 1. The van der Waals surface area contributed by atoms with Crippen LogP contribution in [-0.4, -0.2) is 66.8 Å². The van der Waals surface area contributed by atoms with E-state index >= 15 is 0 Å². The largest absolute Gasteiger partial charge is 0.477 e. The van der Waals surface area contributed by atoms with Gasteiger partial charge in [-0.1, -0.05) is 6.07 Å². The summed E-state index contributed by atoms with van der Waals surface area (Å²) >= 11 is 0. The Kier molecular flexibility index (Phi) is 4.52. The fourth-order valence-electron chi connectivity index (χ4n) is 2.06. The Morgan fingerprint density at radius 2 is 2.25 bits per heavy atom. The smallest absolute Gasteiger partial charge is 0.354 e. The zero-order chi connectivity index (χ0) is 14.5. The van der Waals surface area contributed by atoms with Crippen LogP contribution >= 0.6 is 0 Å². The molecule has 0 aliphatic carbocycles. The third-order valence-electron chi connectivity index (χ3n) is 3.16. The number of pyridine rings is 1. The molecule has 2 rings (SSSR count). The number of hydrogen-bond acceptors (Lipinski definition) is 5. The molecule has 1 N–H and O–H groups in total. The highest BCUT2D eigenvalue weighted by Crippen LogP contribution is 2.14. The number of carboxylic acids is 1. The molecule has 2 heterocycles. The molecule has 1 aromatic heterocycles. The van der Waals surface area contributed by atoms with Crippen molar-refractivity contribution in [2.75, 3.05) is 44.8 Å². The van der Waals surface area contributed by atoms with Gasteiger partial charge < -0.3 is 19.6 Å². The number of methoxy groups -OCH3 is 1. The van der Waals surface area contributed by atoms with Gasteiger partial charge in [0.05, 0.1) is 13.2 Å². The first-order valence-corrected chi connectivity index (χ1v) is 6.34. The van der Waals surface area contributed by atoms with E-state index in [4.69, 9.17) is 9.84 Å². The van der Waals surface area contributed by atoms with E-state index in [1.54, 1.807) is 29.0 Å². The summed E-state index contributed by atoms with van der Waals surface area (Å²) in [5.74, 6) is -0.558. The van der Waals surface area contributed by atoms with Gasteiger partial charge in [-0.25, -0.2) is 9.78 Å². The van der Waals surface area contributed by atoms with E-state index in [1.165, 1.54) is 6.07 Å². The predicted octanol–water partition coefficient (Wildman–Crippen LogP) is 0.0748. The molecule has 0 saturated carbocycles. The Balaban J connectivity index is 2.03. The molecule has 108 valence electrons. The Labute approximate surface area is 116 Å². The molecule has 0 unspecified atom stereocenters. The molecule has 0 atom stereocenters. The van der Waals surface area contributed by atoms with Crippen molar-refractivity contribution in [2.24, 2.45) is 0 Å². The summed E-state index contributed by atoms with van der Waals surface area (Å²) in [6.45, 7) is 2.51. The lowest BCUT2D eigenvalue weighted by Gasteiger charge is -2.34. The van der Waals surface area contributed by atoms with Crippen LogP contribution < -0.4 is 4.90 Å². The van der Waals surface area contributed by atoms with E-state index in [1.807, 2.05) is 0 Å². The van der Waals surface area contributed by atoms with Gasteiger partial charge in [-0.15, -0.1) is 0 Å². The molecule has 7 heteroatoms. The van der Waals surface area contributed by atoms with Crippen LogP contribution in [-0.2, 0) is 9.53 Å². The molecular formula is C13H17N3O4. The molecule has 1 saturated heterocycles. The third-order valence-corrected chi connectivity index (χ3v) is 3.16. The van der Waals surface area contributed by atoms with Crippen molar-refractivity contribution in [2.45, 2.75) is 0 Å². The molecule has 1 aromatic rings. The number of carboxylic acid groups (broad SMARTS) is 1. The zero-order valence-electron chi connectivity index (χ0n) is 11.3. The average Bonchev–Trinajstić information content (AvgIpc) is 2.46. The van der Waals surface area contributed by atoms with Gasteiger partial charge in [-0.3, -0.25) is 4.79 Å². The number of anilines is 1. The van der Waals surface area contributed by atoms with E-state index in [2.05, 4.69) is 4.98 Å². The molecule has 1 aliphatic heterocycles. The summed E-state index contributed by atoms with van der Waals surface area (Å²) < 4.78 is 4.96. The van der Waals surface area contributed by atoms with Crippen LogP contribution in [0.5, 0.6) is 0 Å². The number of amides is 1. The van der Waals surface area contributed by atoms with Crippen LogP contribution in [0.2, 0.25) is 0 Å². The van der Waals surface area contributed by atoms with E-state index < -0.39 is 5.97 Å². The van der Waals surface area contributed by atoms with Crippen LogP contribution in [0.3, 0.4) is 0 Å². The van der Waals surface area contributed by atoms with Crippen molar-refractivity contribution in [1.29, 1.82) is 0 Å². The van der Waals surface area contributed by atoms with Crippen molar-refractivity contribution in [3.8, 4) is 0 Å². The number of nitrogens with zero attached hydrogens (tertiary/aromatic N) is 3. The van der Waals surface area contributed by atoms with Gasteiger partial charge in [-0.05, 0) is 12.1 Å².